The maximum atomic E-state index is 5.08. The Bertz CT molecular complexity index is 29.6. The molecule has 0 atom stereocenters. The Morgan fingerprint density at radius 1 is 1.00 bits per heavy atom. The lowest BCUT2D eigenvalue weighted by Crippen LogP contribution is -2.17. The molecule has 0 aliphatic heterocycles. The van der Waals surface area contributed by atoms with Crippen LogP contribution in [0.2, 0.25) is 0 Å². The Kier molecular flexibility index (Phi) is 51.0. The van der Waals surface area contributed by atoms with Crippen molar-refractivity contribution in [3.8, 4) is 0 Å². The third-order valence-corrected chi connectivity index (χ3v) is 0.394. The lowest BCUT2D eigenvalue weighted by Gasteiger charge is -1.85. The largest absolute Gasteiger partial charge is 0.331 e. The van der Waals surface area contributed by atoms with Crippen molar-refractivity contribution in [2.24, 2.45) is 17.2 Å². The van der Waals surface area contributed by atoms with Crippen LogP contribution in [-0.4, -0.2) is 33.2 Å². The second kappa shape index (κ2) is 32.8. The van der Waals surface area contributed by atoms with Gasteiger partial charge in [-0.1, -0.05) is 13.8 Å². The molecule has 4 nitrogen and oxygen atoms in total. The van der Waals surface area contributed by atoms with E-state index in [-0.39, 0.29) is 0 Å². The number of nitrogens with two attached hydrogens (primary N) is 3. The first-order valence-electron chi connectivity index (χ1n) is 3.99. The summed E-state index contributed by atoms with van der Waals surface area (Å²) < 4.78 is 0. The highest BCUT2D eigenvalue weighted by molar-refractivity contribution is 4.33. The second-order valence-corrected chi connectivity index (χ2v) is 1.71. The summed E-state index contributed by atoms with van der Waals surface area (Å²) in [6.45, 7) is 6.95. The van der Waals surface area contributed by atoms with Crippen LogP contribution in [0.5, 0.6) is 0 Å². The van der Waals surface area contributed by atoms with E-state index < -0.39 is 0 Å². The van der Waals surface area contributed by atoms with Gasteiger partial charge >= 0.3 is 0 Å². The Morgan fingerprint density at radius 3 is 1.27 bits per heavy atom. The summed E-state index contributed by atoms with van der Waals surface area (Å²) in [7, 11) is 1.88. The summed E-state index contributed by atoms with van der Waals surface area (Å²) in [5.74, 6) is 0. The Balaban J connectivity index is -0.0000000933. The molecule has 0 saturated carbocycles. The molecule has 0 aromatic heterocycles. The van der Waals surface area contributed by atoms with Crippen molar-refractivity contribution in [2.75, 3.05) is 33.2 Å². The van der Waals surface area contributed by atoms with Crippen molar-refractivity contribution in [2.45, 2.75) is 13.8 Å². The second-order valence-electron chi connectivity index (χ2n) is 1.71. The van der Waals surface area contributed by atoms with Gasteiger partial charge in [-0.2, -0.15) is 0 Å². The van der Waals surface area contributed by atoms with Crippen LogP contribution in [0.4, 0.5) is 0 Å². The highest BCUT2D eigenvalue weighted by Crippen LogP contribution is 1.37. The maximum Gasteiger partial charge on any atom is 0.00714 e. The molecule has 0 unspecified atom stereocenters. The minimum atomic E-state index is 0.733. The SMILES string of the molecule is CCN.CCN.CNCCN. The molecular formula is C7H24N4. The van der Waals surface area contributed by atoms with Gasteiger partial charge in [0.2, 0.25) is 0 Å². The Labute approximate surface area is 70.5 Å². The summed E-state index contributed by atoms with van der Waals surface area (Å²) in [6, 6.07) is 0. The highest BCUT2D eigenvalue weighted by Gasteiger charge is 1.64. The van der Waals surface area contributed by atoms with Crippen LogP contribution in [0.25, 0.3) is 0 Å². The molecule has 11 heavy (non-hydrogen) atoms. The van der Waals surface area contributed by atoms with Gasteiger partial charge in [0.15, 0.2) is 0 Å². The van der Waals surface area contributed by atoms with Gasteiger partial charge in [-0.3, -0.25) is 0 Å². The van der Waals surface area contributed by atoms with E-state index in [1.807, 2.05) is 20.9 Å². The summed E-state index contributed by atoms with van der Waals surface area (Å²) >= 11 is 0. The first-order chi connectivity index (χ1) is 5.24. The molecule has 0 radical (unpaired) electrons. The molecule has 4 heteroatoms. The number of rotatable bonds is 2. The van der Waals surface area contributed by atoms with Crippen molar-refractivity contribution in [1.82, 2.24) is 5.32 Å². The van der Waals surface area contributed by atoms with Crippen molar-refractivity contribution < 1.29 is 0 Å². The predicted molar refractivity (Wildman–Crippen MR) is 52.4 cm³/mol. The molecule has 0 aromatic rings. The fourth-order valence-corrected chi connectivity index (χ4v) is 0.144. The highest BCUT2D eigenvalue weighted by atomic mass is 14.8. The normalized spacial score (nSPS) is 7.09. The molecule has 72 valence electrons. The van der Waals surface area contributed by atoms with Crippen LogP contribution < -0.4 is 22.5 Å². The Morgan fingerprint density at radius 2 is 1.27 bits per heavy atom. The average Bonchev–Trinajstić information content (AvgIpc) is 1.92. The molecule has 0 aromatic carbocycles. The van der Waals surface area contributed by atoms with Crippen LogP contribution in [-0.2, 0) is 0 Å². The van der Waals surface area contributed by atoms with Crippen molar-refractivity contribution in [3.05, 3.63) is 0 Å². The van der Waals surface area contributed by atoms with Crippen LogP contribution in [0.3, 0.4) is 0 Å². The number of nitrogens with one attached hydrogen (secondary N) is 1. The van der Waals surface area contributed by atoms with Gasteiger partial charge in [-0.25, -0.2) is 0 Å². The average molecular weight is 164 g/mol. The zero-order valence-corrected chi connectivity index (χ0v) is 8.06. The summed E-state index contributed by atoms with van der Waals surface area (Å²) in [5, 5.41) is 2.89. The first kappa shape index (κ1) is 17.1. The summed E-state index contributed by atoms with van der Waals surface area (Å²) in [4.78, 5) is 0. The molecule has 0 aliphatic carbocycles. The molecule has 0 heterocycles. The quantitative estimate of drug-likeness (QED) is 0.425. The van der Waals surface area contributed by atoms with Gasteiger partial charge in [-0.15, -0.1) is 0 Å². The van der Waals surface area contributed by atoms with Gasteiger partial charge in [0.25, 0.3) is 0 Å². The van der Waals surface area contributed by atoms with Gasteiger partial charge in [0, 0.05) is 13.1 Å². The molecule has 0 saturated heterocycles. The topological polar surface area (TPSA) is 90.1 Å². The molecule has 0 bridgehead atoms. The molecule has 7 N–H and O–H groups in total. The molecule has 0 aliphatic rings. The minimum absolute atomic E-state index is 0.733. The number of hydrogen-bond donors (Lipinski definition) is 4. The molecule has 0 amide bonds. The van der Waals surface area contributed by atoms with E-state index in [0.717, 1.165) is 26.2 Å². The van der Waals surface area contributed by atoms with E-state index in [4.69, 9.17) is 17.2 Å². The van der Waals surface area contributed by atoms with Crippen LogP contribution >= 0.6 is 0 Å². The number of hydrogen-bond acceptors (Lipinski definition) is 4. The molecular weight excluding hydrogens is 140 g/mol. The van der Waals surface area contributed by atoms with Gasteiger partial charge in [0.05, 0.1) is 0 Å². The fourth-order valence-electron chi connectivity index (χ4n) is 0.144. The van der Waals surface area contributed by atoms with Gasteiger partial charge in [0.1, 0.15) is 0 Å². The molecule has 0 fully saturated rings. The maximum absolute atomic E-state index is 5.08. The van der Waals surface area contributed by atoms with E-state index in [0.29, 0.717) is 0 Å². The lowest BCUT2D eigenvalue weighted by molar-refractivity contribution is 0.802. The van der Waals surface area contributed by atoms with Crippen molar-refractivity contribution in [3.63, 3.8) is 0 Å². The monoisotopic (exact) mass is 164 g/mol. The van der Waals surface area contributed by atoms with E-state index >= 15 is 0 Å². The standard InChI is InChI=1S/C3H10N2.2C2H7N/c1-5-3-2-4;2*1-2-3/h5H,2-4H2,1H3;2*2-3H2,1H3. The van der Waals surface area contributed by atoms with E-state index in [9.17, 15) is 0 Å². The predicted octanol–water partition coefficient (Wildman–Crippen LogP) is -0.905. The smallest absolute Gasteiger partial charge is 0.00714 e. The third kappa shape index (κ3) is 179. The number of likely N-dealkylation sites (N-methyl/N-ethyl adjacent to an activating group) is 1. The lowest BCUT2D eigenvalue weighted by atomic mass is 10.7. The zero-order chi connectivity index (χ0) is 9.54. The van der Waals surface area contributed by atoms with Gasteiger partial charge in [-0.05, 0) is 20.1 Å². The first-order valence-corrected chi connectivity index (χ1v) is 3.99. The fraction of sp³-hybridized carbons (Fsp3) is 1.00. The van der Waals surface area contributed by atoms with Crippen LogP contribution in [0, 0.1) is 0 Å². The minimum Gasteiger partial charge on any atom is -0.331 e. The van der Waals surface area contributed by atoms with Crippen LogP contribution in [0.1, 0.15) is 13.8 Å². The van der Waals surface area contributed by atoms with E-state index in [1.165, 1.54) is 0 Å². The van der Waals surface area contributed by atoms with Crippen molar-refractivity contribution in [1.29, 1.82) is 0 Å². The van der Waals surface area contributed by atoms with E-state index in [1.54, 1.807) is 0 Å². The molecule has 0 spiro atoms. The summed E-state index contributed by atoms with van der Waals surface area (Å²) in [6.07, 6.45) is 0. The summed E-state index contributed by atoms with van der Waals surface area (Å²) in [5.41, 5.74) is 14.8. The molecule has 0 rings (SSSR count). The van der Waals surface area contributed by atoms with Gasteiger partial charge < -0.3 is 22.5 Å². The Hall–Kier alpha value is -0.160. The van der Waals surface area contributed by atoms with E-state index in [2.05, 4.69) is 5.32 Å². The third-order valence-electron chi connectivity index (χ3n) is 0.394. The van der Waals surface area contributed by atoms with Crippen molar-refractivity contribution >= 4 is 0 Å². The zero-order valence-electron chi connectivity index (χ0n) is 8.06. The van der Waals surface area contributed by atoms with Crippen LogP contribution in [0.15, 0.2) is 0 Å².